The van der Waals surface area contributed by atoms with Crippen molar-refractivity contribution < 1.29 is 4.79 Å². The smallest absolute Gasteiger partial charge is 0.255 e. The molecular formula is C21H23N5O2. The van der Waals surface area contributed by atoms with Gasteiger partial charge in [-0.05, 0) is 42.7 Å². The quantitative estimate of drug-likeness (QED) is 0.715. The number of aromatic amines is 1. The highest BCUT2D eigenvalue weighted by atomic mass is 16.1. The molecule has 2 N–H and O–H groups in total. The highest BCUT2D eigenvalue weighted by Crippen LogP contribution is 2.28. The number of H-pyrrole nitrogens is 1. The Morgan fingerprint density at radius 2 is 2.04 bits per heavy atom. The molecule has 0 unspecified atom stereocenters. The van der Waals surface area contributed by atoms with Crippen LogP contribution in [0.3, 0.4) is 0 Å². The number of nitrogens with zero attached hydrogens (tertiary/aromatic N) is 3. The van der Waals surface area contributed by atoms with Crippen molar-refractivity contribution >= 4 is 5.91 Å². The third-order valence-electron chi connectivity index (χ3n) is 5.28. The lowest BCUT2D eigenvalue weighted by atomic mass is 9.95. The fraction of sp³-hybridized carbons (Fsp3) is 0.333. The van der Waals surface area contributed by atoms with Gasteiger partial charge in [-0.2, -0.15) is 0 Å². The van der Waals surface area contributed by atoms with E-state index in [0.717, 1.165) is 18.7 Å². The maximum atomic E-state index is 12.6. The Bertz CT molecular complexity index is 1020. The van der Waals surface area contributed by atoms with Crippen LogP contribution in [0.25, 0.3) is 11.1 Å². The van der Waals surface area contributed by atoms with E-state index in [0.29, 0.717) is 29.3 Å². The van der Waals surface area contributed by atoms with E-state index in [1.165, 1.54) is 19.3 Å². The van der Waals surface area contributed by atoms with Gasteiger partial charge in [-0.3, -0.25) is 9.59 Å². The van der Waals surface area contributed by atoms with Gasteiger partial charge in [0.15, 0.2) is 5.82 Å². The summed E-state index contributed by atoms with van der Waals surface area (Å²) in [5.41, 5.74) is 1.57. The number of aromatic nitrogens is 4. The molecule has 1 aromatic carbocycles. The number of rotatable bonds is 5. The Balaban J connectivity index is 1.47. The number of pyridine rings is 1. The second-order valence-corrected chi connectivity index (χ2v) is 7.12. The fourth-order valence-corrected chi connectivity index (χ4v) is 3.80. The normalized spacial score (nSPS) is 14.7. The topological polar surface area (TPSA) is 92.7 Å². The van der Waals surface area contributed by atoms with Crippen molar-refractivity contribution in [2.45, 2.75) is 44.7 Å². The number of hydrogen-bond donors (Lipinski definition) is 2. The molecule has 0 bridgehead atoms. The molecule has 1 aliphatic carbocycles. The van der Waals surface area contributed by atoms with Gasteiger partial charge >= 0.3 is 0 Å². The minimum absolute atomic E-state index is 0.180. The monoisotopic (exact) mass is 377 g/mol. The van der Waals surface area contributed by atoms with Gasteiger partial charge in [0.1, 0.15) is 6.33 Å². The summed E-state index contributed by atoms with van der Waals surface area (Å²) in [4.78, 5) is 27.3. The Morgan fingerprint density at radius 3 is 2.86 bits per heavy atom. The summed E-state index contributed by atoms with van der Waals surface area (Å²) in [6, 6.07) is 11.0. The molecule has 0 radical (unpaired) electrons. The molecule has 28 heavy (non-hydrogen) atoms. The van der Waals surface area contributed by atoms with E-state index >= 15 is 0 Å². The van der Waals surface area contributed by atoms with Gasteiger partial charge in [0.05, 0.1) is 6.54 Å². The molecule has 144 valence electrons. The van der Waals surface area contributed by atoms with Gasteiger partial charge in [0, 0.05) is 23.4 Å². The third kappa shape index (κ3) is 3.88. The molecule has 1 amide bonds. The van der Waals surface area contributed by atoms with Gasteiger partial charge < -0.3 is 14.9 Å². The zero-order valence-corrected chi connectivity index (χ0v) is 15.6. The molecule has 2 aromatic heterocycles. The van der Waals surface area contributed by atoms with Gasteiger partial charge in [0.25, 0.3) is 11.5 Å². The number of nitrogens with one attached hydrogen (secondary N) is 2. The van der Waals surface area contributed by atoms with E-state index in [1.54, 1.807) is 42.9 Å². The predicted molar refractivity (Wildman–Crippen MR) is 106 cm³/mol. The van der Waals surface area contributed by atoms with Gasteiger partial charge in [-0.15, -0.1) is 10.2 Å². The van der Waals surface area contributed by atoms with Crippen molar-refractivity contribution in [3.63, 3.8) is 0 Å². The average Bonchev–Trinajstić information content (AvgIpc) is 3.22. The molecule has 0 atom stereocenters. The molecule has 1 fully saturated rings. The summed E-state index contributed by atoms with van der Waals surface area (Å²) in [5, 5.41) is 11.1. The summed E-state index contributed by atoms with van der Waals surface area (Å²) >= 11 is 0. The first-order valence-corrected chi connectivity index (χ1v) is 9.67. The number of hydrogen-bond acceptors (Lipinski definition) is 4. The van der Waals surface area contributed by atoms with Crippen molar-refractivity contribution in [1.29, 1.82) is 0 Å². The molecule has 1 aliphatic rings. The van der Waals surface area contributed by atoms with Crippen LogP contribution < -0.4 is 10.9 Å². The largest absolute Gasteiger partial charge is 0.345 e. The van der Waals surface area contributed by atoms with Crippen molar-refractivity contribution in [1.82, 2.24) is 25.1 Å². The summed E-state index contributed by atoms with van der Waals surface area (Å²) in [7, 11) is 0. The van der Waals surface area contributed by atoms with Gasteiger partial charge in [-0.1, -0.05) is 31.4 Å². The Hall–Kier alpha value is -3.22. The van der Waals surface area contributed by atoms with Crippen LogP contribution >= 0.6 is 0 Å². The van der Waals surface area contributed by atoms with Gasteiger partial charge in [0.2, 0.25) is 0 Å². The van der Waals surface area contributed by atoms with E-state index in [4.69, 9.17) is 0 Å². The number of carbonyl (C=O) groups is 1. The standard InChI is InChI=1S/C21H23N5O2/c27-20(16-7-4-6-15(12-16)18-10-5-11-22-21(18)28)23-13-19-25-24-14-26(19)17-8-2-1-3-9-17/h4-7,10-12,14,17H,1-3,8-9,13H2,(H,22,28)(H,23,27). The van der Waals surface area contributed by atoms with E-state index in [2.05, 4.69) is 25.1 Å². The molecule has 7 heteroatoms. The van der Waals surface area contributed by atoms with Crippen LogP contribution in [0.15, 0.2) is 53.7 Å². The molecular weight excluding hydrogens is 354 g/mol. The number of carbonyl (C=O) groups excluding carboxylic acids is 1. The molecule has 0 aliphatic heterocycles. The second kappa shape index (κ2) is 8.21. The van der Waals surface area contributed by atoms with Crippen LogP contribution in [0.5, 0.6) is 0 Å². The SMILES string of the molecule is O=C(NCc1nncn1C1CCCCC1)c1cccc(-c2ccc[nH]c2=O)c1. The van der Waals surface area contributed by atoms with Crippen molar-refractivity contribution in [2.75, 3.05) is 0 Å². The lowest BCUT2D eigenvalue weighted by Crippen LogP contribution is -2.26. The minimum atomic E-state index is -0.201. The predicted octanol–water partition coefficient (Wildman–Crippen LogP) is 3.07. The summed E-state index contributed by atoms with van der Waals surface area (Å²) < 4.78 is 2.10. The fourth-order valence-electron chi connectivity index (χ4n) is 3.80. The van der Waals surface area contributed by atoms with Crippen molar-refractivity contribution in [2.24, 2.45) is 0 Å². The van der Waals surface area contributed by atoms with E-state index < -0.39 is 0 Å². The summed E-state index contributed by atoms with van der Waals surface area (Å²) in [6.07, 6.45) is 9.34. The highest BCUT2D eigenvalue weighted by molar-refractivity contribution is 5.95. The molecule has 2 heterocycles. The molecule has 7 nitrogen and oxygen atoms in total. The first kappa shape index (κ1) is 18.2. The lowest BCUT2D eigenvalue weighted by Gasteiger charge is -2.24. The van der Waals surface area contributed by atoms with E-state index in [9.17, 15) is 9.59 Å². The van der Waals surface area contributed by atoms with Crippen LogP contribution in [0.2, 0.25) is 0 Å². The molecule has 1 saturated carbocycles. The zero-order chi connectivity index (χ0) is 19.3. The van der Waals surface area contributed by atoms with Crippen LogP contribution in [0, 0.1) is 0 Å². The maximum Gasteiger partial charge on any atom is 0.255 e. The number of amides is 1. The third-order valence-corrected chi connectivity index (χ3v) is 5.28. The first-order valence-electron chi connectivity index (χ1n) is 9.67. The Labute approximate surface area is 162 Å². The van der Waals surface area contributed by atoms with Crippen molar-refractivity contribution in [3.05, 3.63) is 70.7 Å². The molecule has 4 rings (SSSR count). The van der Waals surface area contributed by atoms with Crippen LogP contribution in [0.1, 0.15) is 54.3 Å². The minimum Gasteiger partial charge on any atom is -0.345 e. The van der Waals surface area contributed by atoms with Crippen LogP contribution in [0.4, 0.5) is 0 Å². The molecule has 0 spiro atoms. The highest BCUT2D eigenvalue weighted by Gasteiger charge is 2.19. The van der Waals surface area contributed by atoms with E-state index in [1.807, 2.05) is 6.07 Å². The average molecular weight is 377 g/mol. The van der Waals surface area contributed by atoms with Crippen molar-refractivity contribution in [3.8, 4) is 11.1 Å². The van der Waals surface area contributed by atoms with Crippen LogP contribution in [-0.2, 0) is 6.54 Å². The molecule has 3 aromatic rings. The molecule has 0 saturated heterocycles. The van der Waals surface area contributed by atoms with Crippen LogP contribution in [-0.4, -0.2) is 25.7 Å². The maximum absolute atomic E-state index is 12.6. The second-order valence-electron chi connectivity index (χ2n) is 7.12. The Morgan fingerprint density at radius 1 is 1.18 bits per heavy atom. The van der Waals surface area contributed by atoms with E-state index in [-0.39, 0.29) is 11.5 Å². The number of benzene rings is 1. The lowest BCUT2D eigenvalue weighted by molar-refractivity contribution is 0.0949. The Kier molecular flexibility index (Phi) is 5.32. The summed E-state index contributed by atoms with van der Waals surface area (Å²) in [6.45, 7) is 0.325. The first-order chi connectivity index (χ1) is 13.7. The summed E-state index contributed by atoms with van der Waals surface area (Å²) in [5.74, 6) is 0.573. The van der Waals surface area contributed by atoms with Gasteiger partial charge in [-0.25, -0.2) is 0 Å². The zero-order valence-electron chi connectivity index (χ0n) is 15.6.